The minimum Gasteiger partial charge on any atom is -0.0623 e. The summed E-state index contributed by atoms with van der Waals surface area (Å²) in [5.74, 6) is 0. The highest BCUT2D eigenvalue weighted by Crippen LogP contribution is 2.21. The van der Waals surface area contributed by atoms with Gasteiger partial charge in [0, 0.05) is 0 Å². The van der Waals surface area contributed by atoms with E-state index in [9.17, 15) is 0 Å². The van der Waals surface area contributed by atoms with Gasteiger partial charge in [-0.15, -0.1) is 0 Å². The van der Waals surface area contributed by atoms with Crippen molar-refractivity contribution in [2.45, 2.75) is 13.8 Å². The van der Waals surface area contributed by atoms with Crippen molar-refractivity contribution in [3.05, 3.63) is 230 Å². The number of hydrogen-bond acceptors (Lipinski definition) is 0. The van der Waals surface area contributed by atoms with E-state index in [-0.39, 0.29) is 0 Å². The second-order valence-corrected chi connectivity index (χ2v) is 21.5. The fourth-order valence-corrected chi connectivity index (χ4v) is 17.8. The van der Waals surface area contributed by atoms with Crippen molar-refractivity contribution >= 4 is 57.6 Å². The van der Waals surface area contributed by atoms with Crippen LogP contribution in [-0.2, 0) is 0 Å². The second kappa shape index (κ2) is 14.4. The Labute approximate surface area is 310 Å². The van der Waals surface area contributed by atoms with Crippen molar-refractivity contribution < 1.29 is 0 Å². The predicted octanol–water partition coefficient (Wildman–Crippen LogP) is 6.73. The van der Waals surface area contributed by atoms with Crippen LogP contribution in [0.3, 0.4) is 0 Å². The van der Waals surface area contributed by atoms with Crippen LogP contribution in [0.1, 0.15) is 11.1 Å². The van der Waals surface area contributed by atoms with E-state index in [1.165, 1.54) is 63.7 Å². The van der Waals surface area contributed by atoms with Crippen LogP contribution in [-0.4, -0.2) is 16.1 Å². The molecule has 0 saturated heterocycles. The van der Waals surface area contributed by atoms with Crippen LogP contribution in [0.5, 0.6) is 0 Å². The number of aryl methyl sites for hydroxylation is 2. The van der Waals surface area contributed by atoms with Crippen LogP contribution in [0, 0.1) is 13.8 Å². The smallest absolute Gasteiger partial charge is 0.0623 e. The molecule has 0 aliphatic heterocycles. The van der Waals surface area contributed by atoms with Gasteiger partial charge in [-0.05, 0) is 66.5 Å². The predicted molar refractivity (Wildman–Crippen MR) is 229 cm³/mol. The van der Waals surface area contributed by atoms with Gasteiger partial charge in [-0.25, -0.2) is 0 Å². The molecule has 0 atom stereocenters. The zero-order valence-electron chi connectivity index (χ0n) is 29.8. The summed E-state index contributed by atoms with van der Waals surface area (Å²) in [5.41, 5.74) is 5.02. The largest absolute Gasteiger partial charge is 0.179 e. The summed E-state index contributed by atoms with van der Waals surface area (Å²) in [7, 11) is -5.19. The fraction of sp³-hybridized carbons (Fsp3) is 0.0400. The Balaban J connectivity index is 1.26. The lowest BCUT2D eigenvalue weighted by molar-refractivity contribution is 1.48. The molecule has 0 bridgehead atoms. The van der Waals surface area contributed by atoms with E-state index in [0.29, 0.717) is 0 Å². The minimum absolute atomic E-state index is 1.23. The molecular formula is C50H42Si2. The monoisotopic (exact) mass is 698 g/mol. The van der Waals surface area contributed by atoms with Crippen LogP contribution in [0.15, 0.2) is 218 Å². The molecule has 0 spiro atoms. The molecule has 250 valence electrons. The molecule has 0 unspecified atom stereocenters. The third-order valence-corrected chi connectivity index (χ3v) is 20.3. The molecule has 0 aliphatic carbocycles. The Morgan fingerprint density at radius 1 is 0.231 bits per heavy atom. The molecule has 8 aromatic carbocycles. The molecule has 0 N–H and O–H groups in total. The Kier molecular flexibility index (Phi) is 9.26. The van der Waals surface area contributed by atoms with Crippen molar-refractivity contribution in [2.24, 2.45) is 0 Å². The summed E-state index contributed by atoms with van der Waals surface area (Å²) >= 11 is 0. The normalized spacial score (nSPS) is 11.7. The Morgan fingerprint density at radius 3 is 0.865 bits per heavy atom. The van der Waals surface area contributed by atoms with Gasteiger partial charge < -0.3 is 0 Å². The Morgan fingerprint density at radius 2 is 0.519 bits per heavy atom. The van der Waals surface area contributed by atoms with Crippen LogP contribution in [0.2, 0.25) is 0 Å². The molecular weight excluding hydrogens is 657 g/mol. The van der Waals surface area contributed by atoms with Gasteiger partial charge in [0.05, 0.1) is 0 Å². The van der Waals surface area contributed by atoms with Crippen molar-refractivity contribution in [3.8, 4) is 11.1 Å². The van der Waals surface area contributed by atoms with Gasteiger partial charge in [0.25, 0.3) is 0 Å². The van der Waals surface area contributed by atoms with E-state index in [4.69, 9.17) is 0 Å². The molecule has 0 nitrogen and oxygen atoms in total. The summed E-state index contributed by atoms with van der Waals surface area (Å²) < 4.78 is 0. The average molecular weight is 699 g/mol. The molecule has 0 aromatic heterocycles. The molecule has 0 radical (unpaired) electrons. The van der Waals surface area contributed by atoms with Gasteiger partial charge in [-0.1, -0.05) is 230 Å². The topological polar surface area (TPSA) is 0 Å². The lowest BCUT2D eigenvalue weighted by Crippen LogP contribution is -2.74. The zero-order chi connectivity index (χ0) is 35.4. The maximum absolute atomic E-state index is 2.60. The van der Waals surface area contributed by atoms with E-state index in [2.05, 4.69) is 232 Å². The molecule has 0 fully saturated rings. The third-order valence-electron chi connectivity index (χ3n) is 10.7. The summed E-state index contributed by atoms with van der Waals surface area (Å²) in [6, 6.07) is 82.1. The van der Waals surface area contributed by atoms with Crippen molar-refractivity contribution in [1.29, 1.82) is 0 Å². The molecule has 0 amide bonds. The van der Waals surface area contributed by atoms with Crippen molar-refractivity contribution in [3.63, 3.8) is 0 Å². The molecule has 52 heavy (non-hydrogen) atoms. The van der Waals surface area contributed by atoms with E-state index in [0.717, 1.165) is 0 Å². The van der Waals surface area contributed by atoms with Gasteiger partial charge in [-0.2, -0.15) is 0 Å². The third kappa shape index (κ3) is 5.90. The molecule has 0 saturated carbocycles. The highest BCUT2D eigenvalue weighted by atomic mass is 28.3. The highest BCUT2D eigenvalue weighted by molar-refractivity contribution is 7.20. The van der Waals surface area contributed by atoms with E-state index < -0.39 is 16.1 Å². The molecule has 8 aromatic rings. The molecule has 2 heteroatoms. The van der Waals surface area contributed by atoms with Gasteiger partial charge in [0.15, 0.2) is 16.1 Å². The summed E-state index contributed by atoms with van der Waals surface area (Å²) in [5, 5.41) is 11.1. The van der Waals surface area contributed by atoms with Gasteiger partial charge >= 0.3 is 0 Å². The van der Waals surface area contributed by atoms with Crippen LogP contribution in [0.25, 0.3) is 11.1 Å². The first-order valence-electron chi connectivity index (χ1n) is 18.2. The highest BCUT2D eigenvalue weighted by Gasteiger charge is 2.42. The molecule has 0 aliphatic rings. The minimum atomic E-state index is -2.60. The summed E-state index contributed by atoms with van der Waals surface area (Å²) in [6.45, 7) is 4.38. The maximum Gasteiger partial charge on any atom is 0.179 e. The Bertz CT molecular complexity index is 2290. The lowest BCUT2D eigenvalue weighted by atomic mass is 10.1. The Hall–Kier alpha value is -5.81. The van der Waals surface area contributed by atoms with E-state index >= 15 is 0 Å². The quantitative estimate of drug-likeness (QED) is 0.116. The van der Waals surface area contributed by atoms with E-state index in [1.54, 1.807) is 0 Å². The molecule has 0 heterocycles. The SMILES string of the molecule is Cc1ccc([Si](c2ccccc2)(c2ccccc2)c2ccc(-c3ccc([Si](c4ccccc4)(c4ccccc4)c4cccc(C)c4)cc3)cc2)cc1. The first-order chi connectivity index (χ1) is 25.6. The summed E-state index contributed by atoms with van der Waals surface area (Å²) in [4.78, 5) is 0. The lowest BCUT2D eigenvalue weighted by Gasteiger charge is -2.35. The standard InChI is InChI=1S/C50H42Si2/c1-39-26-32-47(33-27-39)51(43-17-7-3-8-18-43,44-19-9-4-10-20-44)48-34-28-41(29-35-48)42-30-36-49(37-31-42)52(45-21-11-5-12-22-45,46-23-13-6-14-24-46)50-25-15-16-40(2)38-50/h3-38H,1-2H3. The number of benzene rings is 8. The first-order valence-corrected chi connectivity index (χ1v) is 22.2. The number of rotatable bonds is 9. The maximum atomic E-state index is 2.41. The van der Waals surface area contributed by atoms with Crippen LogP contribution >= 0.6 is 0 Å². The van der Waals surface area contributed by atoms with Gasteiger partial charge in [0.2, 0.25) is 0 Å². The average Bonchev–Trinajstić information content (AvgIpc) is 3.21. The van der Waals surface area contributed by atoms with Crippen molar-refractivity contribution in [2.75, 3.05) is 0 Å². The second-order valence-electron chi connectivity index (χ2n) is 13.9. The fourth-order valence-electron chi connectivity index (χ4n) is 8.26. The van der Waals surface area contributed by atoms with E-state index in [1.807, 2.05) is 0 Å². The van der Waals surface area contributed by atoms with Crippen molar-refractivity contribution in [1.82, 2.24) is 0 Å². The zero-order valence-corrected chi connectivity index (χ0v) is 31.8. The van der Waals surface area contributed by atoms with Crippen LogP contribution < -0.4 is 41.5 Å². The number of hydrogen-bond donors (Lipinski definition) is 0. The van der Waals surface area contributed by atoms with Gasteiger partial charge in [0.1, 0.15) is 0 Å². The molecule has 8 rings (SSSR count). The summed E-state index contributed by atoms with van der Waals surface area (Å²) in [6.07, 6.45) is 0. The van der Waals surface area contributed by atoms with Crippen LogP contribution in [0.4, 0.5) is 0 Å². The van der Waals surface area contributed by atoms with Gasteiger partial charge in [-0.3, -0.25) is 0 Å². The first kappa shape index (κ1) is 33.3.